The molecule has 15 nitrogen and oxygen atoms in total. The Morgan fingerprint density at radius 2 is 0.804 bits per heavy atom. The summed E-state index contributed by atoms with van der Waals surface area (Å²) >= 11 is 0. The molecule has 14 N–H and O–H groups in total. The van der Waals surface area contributed by atoms with Crippen LogP contribution in [0.1, 0.15) is 122 Å². The minimum atomic E-state index is -1.11. The lowest BCUT2D eigenvalue weighted by Gasteiger charge is -2.26. The predicted molar refractivity (Wildman–Crippen MR) is 199 cm³/mol. The molecular formula is C36H70N8O7. The highest BCUT2D eigenvalue weighted by Crippen LogP contribution is 2.21. The van der Waals surface area contributed by atoms with Crippen LogP contribution < -0.4 is 44.6 Å². The SMILES string of the molecule is CN[C@@H](CCCCN)C(=O)CC(CCCCN)C(=O)N[C@@H](CCCCN)C(=O)CC(CCCCN)C(=O)N[C@@H](CCCCN)C(=O)CCC(=O)O. The van der Waals surface area contributed by atoms with Gasteiger partial charge in [-0.1, -0.05) is 19.3 Å². The van der Waals surface area contributed by atoms with E-state index in [1.807, 2.05) is 0 Å². The quantitative estimate of drug-likeness (QED) is 0.0409. The Bertz CT molecular complexity index is 1020. The molecule has 0 aromatic carbocycles. The number of hydrogen-bond acceptors (Lipinski definition) is 12. The van der Waals surface area contributed by atoms with Crippen LogP contribution in [0.2, 0.25) is 0 Å². The monoisotopic (exact) mass is 727 g/mol. The lowest BCUT2D eigenvalue weighted by molar-refractivity contribution is -0.139. The molecule has 0 aliphatic rings. The molecule has 2 unspecified atom stereocenters. The van der Waals surface area contributed by atoms with E-state index in [1.54, 1.807) is 7.05 Å². The Morgan fingerprint density at radius 1 is 0.471 bits per heavy atom. The van der Waals surface area contributed by atoms with Crippen molar-refractivity contribution in [1.82, 2.24) is 16.0 Å². The molecule has 0 heterocycles. The molecule has 0 aromatic rings. The number of Topliss-reactive ketones (excluding diaryl/α,β-unsaturated/α-hetero) is 3. The fourth-order valence-electron chi connectivity index (χ4n) is 6.05. The summed E-state index contributed by atoms with van der Waals surface area (Å²) in [5.74, 6) is -4.24. The second-order valence-corrected chi connectivity index (χ2v) is 13.5. The second kappa shape index (κ2) is 30.8. The van der Waals surface area contributed by atoms with E-state index in [-0.39, 0.29) is 37.2 Å². The number of nitrogens with two attached hydrogens (primary N) is 5. The van der Waals surface area contributed by atoms with Crippen LogP contribution in [0.5, 0.6) is 0 Å². The Hall–Kier alpha value is -2.82. The van der Waals surface area contributed by atoms with Crippen molar-refractivity contribution in [3.05, 3.63) is 0 Å². The van der Waals surface area contributed by atoms with E-state index in [0.717, 1.165) is 12.8 Å². The summed E-state index contributed by atoms with van der Waals surface area (Å²) in [7, 11) is 1.72. The number of carbonyl (C=O) groups is 6. The molecule has 296 valence electrons. The van der Waals surface area contributed by atoms with E-state index >= 15 is 0 Å². The van der Waals surface area contributed by atoms with Gasteiger partial charge in [0.25, 0.3) is 0 Å². The number of amides is 2. The van der Waals surface area contributed by atoms with Crippen LogP contribution in [-0.2, 0) is 28.8 Å². The minimum Gasteiger partial charge on any atom is -0.481 e. The summed E-state index contributed by atoms with van der Waals surface area (Å²) in [6.45, 7) is 2.20. The van der Waals surface area contributed by atoms with Crippen LogP contribution in [0.15, 0.2) is 0 Å². The van der Waals surface area contributed by atoms with Gasteiger partial charge in [0, 0.05) is 31.1 Å². The van der Waals surface area contributed by atoms with Gasteiger partial charge in [-0.15, -0.1) is 0 Å². The number of rotatable bonds is 35. The molecule has 0 saturated heterocycles. The summed E-state index contributed by atoms with van der Waals surface area (Å²) in [4.78, 5) is 78.7. The molecule has 0 rings (SSSR count). The minimum absolute atomic E-state index is 0.0137. The van der Waals surface area contributed by atoms with E-state index in [4.69, 9.17) is 33.8 Å². The highest BCUT2D eigenvalue weighted by molar-refractivity contribution is 5.96. The zero-order valence-corrected chi connectivity index (χ0v) is 31.1. The average molecular weight is 727 g/mol. The van der Waals surface area contributed by atoms with Crippen LogP contribution in [0, 0.1) is 11.8 Å². The molecule has 2 amide bonds. The number of aliphatic carboxylic acids is 1. The van der Waals surface area contributed by atoms with Crippen LogP contribution >= 0.6 is 0 Å². The zero-order chi connectivity index (χ0) is 38.4. The van der Waals surface area contributed by atoms with Gasteiger partial charge in [0.05, 0.1) is 24.5 Å². The maximum absolute atomic E-state index is 13.9. The molecule has 0 spiro atoms. The highest BCUT2D eigenvalue weighted by Gasteiger charge is 2.32. The first kappa shape index (κ1) is 48.2. The van der Waals surface area contributed by atoms with Gasteiger partial charge >= 0.3 is 5.97 Å². The van der Waals surface area contributed by atoms with Crippen molar-refractivity contribution in [2.45, 2.75) is 140 Å². The van der Waals surface area contributed by atoms with E-state index in [0.29, 0.717) is 116 Å². The first-order chi connectivity index (χ1) is 24.5. The molecular weight excluding hydrogens is 656 g/mol. The summed E-state index contributed by atoms with van der Waals surface area (Å²) in [6.07, 6.45) is 7.74. The Balaban J connectivity index is 6.12. The average Bonchev–Trinajstić information content (AvgIpc) is 3.10. The Morgan fingerprint density at radius 3 is 1.16 bits per heavy atom. The van der Waals surface area contributed by atoms with Crippen molar-refractivity contribution in [3.8, 4) is 0 Å². The molecule has 0 aliphatic carbocycles. The standard InChI is InChI=1S/C36H70N8O7/c1-42-28(14-4-9-21-39)32(46)24-26(12-2-7-19-37)36(51)44-30(16-6-11-23-41)33(47)25-27(13-3-8-20-38)35(50)43-29(15-5-10-22-40)31(45)17-18-34(48)49/h26-30,42H,2-25,37-41H2,1H3,(H,43,50)(H,44,51)(H,48,49)/t26?,27?,28-,29-,30-/m0/s1. The maximum atomic E-state index is 13.9. The van der Waals surface area contributed by atoms with Gasteiger partial charge in [0.15, 0.2) is 17.3 Å². The fraction of sp³-hybridized carbons (Fsp3) is 0.833. The topological polar surface area (TPSA) is 289 Å². The molecule has 0 aliphatic heterocycles. The predicted octanol–water partition coefficient (Wildman–Crippen LogP) is 0.774. The molecule has 0 radical (unpaired) electrons. The van der Waals surface area contributed by atoms with Crippen LogP contribution in [0.25, 0.3) is 0 Å². The molecule has 51 heavy (non-hydrogen) atoms. The number of carboxylic acids is 1. The summed E-state index contributed by atoms with van der Waals surface area (Å²) in [5.41, 5.74) is 28.4. The van der Waals surface area contributed by atoms with E-state index in [2.05, 4.69) is 16.0 Å². The third-order valence-electron chi connectivity index (χ3n) is 9.22. The first-order valence-corrected chi connectivity index (χ1v) is 19.1. The van der Waals surface area contributed by atoms with Gasteiger partial charge in [-0.05, 0) is 117 Å². The number of carbonyl (C=O) groups excluding carboxylic acids is 5. The van der Waals surface area contributed by atoms with Gasteiger partial charge in [-0.3, -0.25) is 28.8 Å². The Kier molecular flexibility index (Phi) is 29.1. The van der Waals surface area contributed by atoms with Crippen molar-refractivity contribution >= 4 is 35.1 Å². The number of carboxylic acid groups (broad SMARTS) is 1. The summed E-state index contributed by atoms with van der Waals surface area (Å²) < 4.78 is 0. The van der Waals surface area contributed by atoms with Crippen molar-refractivity contribution in [3.63, 3.8) is 0 Å². The molecule has 0 aromatic heterocycles. The lowest BCUT2D eigenvalue weighted by atomic mass is 9.88. The van der Waals surface area contributed by atoms with Crippen molar-refractivity contribution in [2.75, 3.05) is 39.8 Å². The normalized spacial score (nSPS) is 14.2. The smallest absolute Gasteiger partial charge is 0.303 e. The third-order valence-corrected chi connectivity index (χ3v) is 9.22. The molecule has 0 bridgehead atoms. The summed E-state index contributed by atoms with van der Waals surface area (Å²) in [5, 5.41) is 17.9. The summed E-state index contributed by atoms with van der Waals surface area (Å²) in [6, 6.07) is -2.21. The van der Waals surface area contributed by atoms with Crippen LogP contribution in [0.3, 0.4) is 0 Å². The van der Waals surface area contributed by atoms with E-state index < -0.39 is 53.5 Å². The largest absolute Gasteiger partial charge is 0.481 e. The third kappa shape index (κ3) is 22.7. The van der Waals surface area contributed by atoms with Crippen molar-refractivity contribution < 1.29 is 33.9 Å². The fourth-order valence-corrected chi connectivity index (χ4v) is 6.05. The molecule has 15 heteroatoms. The number of unbranched alkanes of at least 4 members (excludes halogenated alkanes) is 5. The van der Waals surface area contributed by atoms with Gasteiger partial charge in [0.2, 0.25) is 11.8 Å². The Labute approximate surface area is 305 Å². The lowest BCUT2D eigenvalue weighted by Crippen LogP contribution is -2.47. The maximum Gasteiger partial charge on any atom is 0.303 e. The van der Waals surface area contributed by atoms with Gasteiger partial charge in [0.1, 0.15) is 0 Å². The van der Waals surface area contributed by atoms with Gasteiger partial charge < -0.3 is 49.7 Å². The van der Waals surface area contributed by atoms with Crippen molar-refractivity contribution in [1.29, 1.82) is 0 Å². The number of likely N-dealkylation sites (N-methyl/N-ethyl adjacent to an activating group) is 1. The van der Waals surface area contributed by atoms with E-state index in [1.165, 1.54) is 0 Å². The first-order valence-electron chi connectivity index (χ1n) is 19.1. The zero-order valence-electron chi connectivity index (χ0n) is 31.1. The molecule has 0 saturated carbocycles. The molecule has 5 atom stereocenters. The molecule has 0 fully saturated rings. The van der Waals surface area contributed by atoms with Gasteiger partial charge in [-0.25, -0.2) is 0 Å². The number of hydrogen-bond donors (Lipinski definition) is 9. The van der Waals surface area contributed by atoms with Crippen LogP contribution in [0.4, 0.5) is 0 Å². The number of ketones is 3. The van der Waals surface area contributed by atoms with Crippen LogP contribution in [-0.4, -0.2) is 98.1 Å². The second-order valence-electron chi connectivity index (χ2n) is 13.5. The highest BCUT2D eigenvalue weighted by atomic mass is 16.4. The van der Waals surface area contributed by atoms with Gasteiger partial charge in [-0.2, -0.15) is 0 Å². The van der Waals surface area contributed by atoms with E-state index in [9.17, 15) is 28.8 Å². The number of nitrogens with one attached hydrogen (secondary N) is 3. The van der Waals surface area contributed by atoms with Crippen molar-refractivity contribution in [2.24, 2.45) is 40.5 Å².